The summed E-state index contributed by atoms with van der Waals surface area (Å²) in [7, 11) is 1.38. The van der Waals surface area contributed by atoms with E-state index in [0.29, 0.717) is 5.57 Å². The molecule has 2 aliphatic rings. The third-order valence-corrected chi connectivity index (χ3v) is 3.18. The number of carbonyl (C=O) groups excluding carboxylic acids is 1. The number of methoxy groups -OCH3 is 1. The number of allylic oxidation sites excluding steroid dienone is 2. The summed E-state index contributed by atoms with van der Waals surface area (Å²) < 4.78 is 4.77. The first-order valence-corrected chi connectivity index (χ1v) is 5.18. The number of rotatable bonds is 2. The third-order valence-electron chi connectivity index (χ3n) is 3.18. The van der Waals surface area contributed by atoms with Crippen LogP contribution in [0, 0.1) is 11.8 Å². The van der Waals surface area contributed by atoms with Crippen molar-refractivity contribution < 1.29 is 14.6 Å². The molecule has 0 amide bonds. The lowest BCUT2D eigenvalue weighted by atomic mass is 9.85. The molecule has 0 radical (unpaired) electrons. The molecule has 2 rings (SSSR count). The van der Waals surface area contributed by atoms with Crippen LogP contribution in [-0.2, 0) is 9.53 Å². The zero-order valence-electron chi connectivity index (χ0n) is 9.28. The second kappa shape index (κ2) is 3.20. The van der Waals surface area contributed by atoms with E-state index in [-0.39, 0.29) is 17.8 Å². The van der Waals surface area contributed by atoms with Crippen LogP contribution in [0.15, 0.2) is 23.3 Å². The molecular weight excluding hydrogens is 192 g/mol. The fraction of sp³-hybridized carbons (Fsp3) is 0.583. The summed E-state index contributed by atoms with van der Waals surface area (Å²) in [5.41, 5.74) is 0.563. The minimum atomic E-state index is -0.937. The van der Waals surface area contributed by atoms with Crippen LogP contribution in [0.3, 0.4) is 0 Å². The van der Waals surface area contributed by atoms with E-state index in [1.165, 1.54) is 7.11 Å². The van der Waals surface area contributed by atoms with Gasteiger partial charge in [-0.2, -0.15) is 0 Å². The Morgan fingerprint density at radius 1 is 1.47 bits per heavy atom. The van der Waals surface area contributed by atoms with Gasteiger partial charge in [0.1, 0.15) is 0 Å². The molecule has 82 valence electrons. The highest BCUT2D eigenvalue weighted by molar-refractivity contribution is 5.92. The van der Waals surface area contributed by atoms with E-state index in [0.717, 1.165) is 12.0 Å². The lowest BCUT2D eigenvalue weighted by molar-refractivity contribution is -0.136. The van der Waals surface area contributed by atoms with Gasteiger partial charge in [-0.15, -0.1) is 0 Å². The Morgan fingerprint density at radius 3 is 2.60 bits per heavy atom. The van der Waals surface area contributed by atoms with Crippen molar-refractivity contribution in [3.05, 3.63) is 23.3 Å². The summed E-state index contributed by atoms with van der Waals surface area (Å²) in [4.78, 5) is 11.6. The zero-order chi connectivity index (χ0) is 11.2. The van der Waals surface area contributed by atoms with Crippen LogP contribution in [0.1, 0.15) is 20.3 Å². The molecule has 15 heavy (non-hydrogen) atoms. The van der Waals surface area contributed by atoms with E-state index in [1.807, 2.05) is 6.08 Å². The van der Waals surface area contributed by atoms with Gasteiger partial charge >= 0.3 is 5.97 Å². The van der Waals surface area contributed by atoms with Gasteiger partial charge in [0.05, 0.1) is 12.7 Å². The number of aliphatic hydroxyl groups is 1. The average Bonchev–Trinajstić information content (AvgIpc) is 2.73. The molecule has 2 unspecified atom stereocenters. The number of hydrogen-bond donors (Lipinski definition) is 1. The SMILES string of the molecule is COC(=O)C1=C(C(C)(C)O)C2C=CC1C2. The predicted molar refractivity (Wildman–Crippen MR) is 56.1 cm³/mol. The molecule has 3 nitrogen and oxygen atoms in total. The molecule has 2 bridgehead atoms. The Kier molecular flexibility index (Phi) is 2.23. The number of hydrogen-bond acceptors (Lipinski definition) is 3. The summed E-state index contributed by atoms with van der Waals surface area (Å²) in [6.07, 6.45) is 5.01. The van der Waals surface area contributed by atoms with Gasteiger partial charge in [-0.3, -0.25) is 0 Å². The van der Waals surface area contributed by atoms with Crippen LogP contribution in [0.2, 0.25) is 0 Å². The fourth-order valence-electron chi connectivity index (χ4n) is 2.68. The van der Waals surface area contributed by atoms with Gasteiger partial charge in [0.25, 0.3) is 0 Å². The van der Waals surface area contributed by atoms with E-state index in [4.69, 9.17) is 4.74 Å². The van der Waals surface area contributed by atoms with Crippen molar-refractivity contribution in [2.45, 2.75) is 25.9 Å². The van der Waals surface area contributed by atoms with Crippen LogP contribution in [-0.4, -0.2) is 23.8 Å². The molecule has 0 spiro atoms. The van der Waals surface area contributed by atoms with E-state index in [2.05, 4.69) is 6.08 Å². The minimum Gasteiger partial charge on any atom is -0.466 e. The Morgan fingerprint density at radius 2 is 2.07 bits per heavy atom. The highest BCUT2D eigenvalue weighted by atomic mass is 16.5. The summed E-state index contributed by atoms with van der Waals surface area (Å²) in [5, 5.41) is 10.1. The van der Waals surface area contributed by atoms with Gasteiger partial charge in [-0.1, -0.05) is 12.2 Å². The monoisotopic (exact) mass is 208 g/mol. The van der Waals surface area contributed by atoms with Gasteiger partial charge in [-0.05, 0) is 25.8 Å². The van der Waals surface area contributed by atoms with Crippen LogP contribution in [0.25, 0.3) is 0 Å². The molecule has 2 aliphatic carbocycles. The van der Waals surface area contributed by atoms with Gasteiger partial charge < -0.3 is 9.84 Å². The normalized spacial score (nSPS) is 28.8. The van der Waals surface area contributed by atoms with Crippen LogP contribution >= 0.6 is 0 Å². The highest BCUT2D eigenvalue weighted by Crippen LogP contribution is 2.48. The Labute approximate surface area is 89.4 Å². The van der Waals surface area contributed by atoms with Gasteiger partial charge in [0, 0.05) is 17.4 Å². The number of ether oxygens (including phenoxy) is 1. The fourth-order valence-corrected chi connectivity index (χ4v) is 2.68. The maximum Gasteiger partial charge on any atom is 0.334 e. The van der Waals surface area contributed by atoms with Crippen molar-refractivity contribution in [1.29, 1.82) is 0 Å². The summed E-state index contributed by atoms with van der Waals surface area (Å²) in [6, 6.07) is 0. The van der Waals surface area contributed by atoms with Crippen LogP contribution in [0.4, 0.5) is 0 Å². The number of esters is 1. The Bertz CT molecular complexity index is 358. The van der Waals surface area contributed by atoms with Crippen molar-refractivity contribution in [2.24, 2.45) is 11.8 Å². The largest absolute Gasteiger partial charge is 0.466 e. The zero-order valence-corrected chi connectivity index (χ0v) is 9.28. The quantitative estimate of drug-likeness (QED) is 0.551. The second-order valence-corrected chi connectivity index (χ2v) is 4.71. The lowest BCUT2D eigenvalue weighted by Crippen LogP contribution is -2.28. The number of carbonyl (C=O) groups is 1. The molecule has 0 saturated heterocycles. The van der Waals surface area contributed by atoms with Crippen molar-refractivity contribution in [1.82, 2.24) is 0 Å². The molecular formula is C12H16O3. The molecule has 0 saturated carbocycles. The highest BCUT2D eigenvalue weighted by Gasteiger charge is 2.44. The first kappa shape index (κ1) is 10.4. The van der Waals surface area contributed by atoms with Gasteiger partial charge in [-0.25, -0.2) is 4.79 Å². The van der Waals surface area contributed by atoms with E-state index in [9.17, 15) is 9.90 Å². The van der Waals surface area contributed by atoms with Crippen molar-refractivity contribution in [2.75, 3.05) is 7.11 Å². The van der Waals surface area contributed by atoms with Crippen LogP contribution in [0.5, 0.6) is 0 Å². The van der Waals surface area contributed by atoms with E-state index < -0.39 is 5.60 Å². The third kappa shape index (κ3) is 1.51. The first-order chi connectivity index (χ1) is 6.95. The minimum absolute atomic E-state index is 0.142. The van der Waals surface area contributed by atoms with Gasteiger partial charge in [0.2, 0.25) is 0 Å². The molecule has 0 aromatic rings. The average molecular weight is 208 g/mol. The summed E-state index contributed by atoms with van der Waals surface area (Å²) in [6.45, 7) is 3.44. The Hall–Kier alpha value is -1.09. The lowest BCUT2D eigenvalue weighted by Gasteiger charge is -2.26. The molecule has 1 N–H and O–H groups in total. The van der Waals surface area contributed by atoms with Crippen molar-refractivity contribution >= 4 is 5.97 Å². The Balaban J connectivity index is 2.45. The maximum atomic E-state index is 11.6. The van der Waals surface area contributed by atoms with Crippen LogP contribution < -0.4 is 0 Å². The summed E-state index contributed by atoms with van der Waals surface area (Å²) >= 11 is 0. The molecule has 0 aromatic heterocycles. The molecule has 0 aliphatic heterocycles. The molecule has 0 fully saturated rings. The second-order valence-electron chi connectivity index (χ2n) is 4.71. The van der Waals surface area contributed by atoms with Crippen molar-refractivity contribution in [3.63, 3.8) is 0 Å². The molecule has 3 heteroatoms. The van der Waals surface area contributed by atoms with Gasteiger partial charge in [0.15, 0.2) is 0 Å². The smallest absolute Gasteiger partial charge is 0.334 e. The standard InChI is InChI=1S/C12H16O3/c1-12(2,14)10-8-5-4-7(6-8)9(10)11(13)15-3/h4-5,7-8,14H,6H2,1-3H3. The molecule has 0 heterocycles. The summed E-state index contributed by atoms with van der Waals surface area (Å²) in [5.74, 6) is 0.0527. The number of fused-ring (bicyclic) bond motifs is 2. The van der Waals surface area contributed by atoms with Crippen molar-refractivity contribution in [3.8, 4) is 0 Å². The maximum absolute atomic E-state index is 11.6. The molecule has 2 atom stereocenters. The molecule has 0 aromatic carbocycles. The van der Waals surface area contributed by atoms with E-state index >= 15 is 0 Å². The van der Waals surface area contributed by atoms with E-state index in [1.54, 1.807) is 13.8 Å². The predicted octanol–water partition coefficient (Wildman–Crippen LogP) is 1.43. The topological polar surface area (TPSA) is 46.5 Å². The first-order valence-electron chi connectivity index (χ1n) is 5.18.